The third-order valence-corrected chi connectivity index (χ3v) is 3.08. The van der Waals surface area contributed by atoms with Crippen LogP contribution in [0.25, 0.3) is 0 Å². The maximum Gasteiger partial charge on any atom is 0.266 e. The highest BCUT2D eigenvalue weighted by atomic mass is 127. The van der Waals surface area contributed by atoms with E-state index >= 15 is 0 Å². The highest BCUT2D eigenvalue weighted by molar-refractivity contribution is 14.1. The van der Waals surface area contributed by atoms with Crippen molar-refractivity contribution < 1.29 is 0 Å². The van der Waals surface area contributed by atoms with Crippen LogP contribution in [0.1, 0.15) is 18.7 Å². The van der Waals surface area contributed by atoms with Crippen molar-refractivity contribution in [3.05, 3.63) is 25.9 Å². The van der Waals surface area contributed by atoms with E-state index in [1.54, 1.807) is 10.8 Å². The second-order valence-electron chi connectivity index (χ2n) is 3.51. The number of aryl methyl sites for hydroxylation is 1. The standard InChI is InChI=1S/C9H11IN2O/c1-6-11-4-8(10)9(13)12(6)5-7-2-3-7/h4,7H,2-3,5H2,1H3. The first-order valence-electron chi connectivity index (χ1n) is 4.40. The molecule has 1 saturated carbocycles. The number of hydrogen-bond acceptors (Lipinski definition) is 2. The Bertz CT molecular complexity index is 382. The molecule has 1 aliphatic rings. The first kappa shape index (κ1) is 9.18. The molecular weight excluding hydrogens is 279 g/mol. The van der Waals surface area contributed by atoms with Gasteiger partial charge in [0.15, 0.2) is 0 Å². The smallest absolute Gasteiger partial charge is 0.266 e. The molecule has 0 N–H and O–H groups in total. The quantitative estimate of drug-likeness (QED) is 0.775. The lowest BCUT2D eigenvalue weighted by molar-refractivity contribution is 0.574. The number of nitrogens with zero attached hydrogens (tertiary/aromatic N) is 2. The highest BCUT2D eigenvalue weighted by Gasteiger charge is 2.23. The third kappa shape index (κ3) is 1.92. The van der Waals surface area contributed by atoms with Crippen molar-refractivity contribution in [1.29, 1.82) is 0 Å². The summed E-state index contributed by atoms with van der Waals surface area (Å²) < 4.78 is 2.50. The van der Waals surface area contributed by atoms with Gasteiger partial charge < -0.3 is 0 Å². The van der Waals surface area contributed by atoms with Crippen molar-refractivity contribution in [1.82, 2.24) is 9.55 Å². The van der Waals surface area contributed by atoms with Gasteiger partial charge >= 0.3 is 0 Å². The number of hydrogen-bond donors (Lipinski definition) is 0. The number of halogens is 1. The molecular formula is C9H11IN2O. The molecule has 0 bridgehead atoms. The Balaban J connectivity index is 2.40. The molecule has 0 aliphatic heterocycles. The Morgan fingerprint density at radius 1 is 1.69 bits per heavy atom. The summed E-state index contributed by atoms with van der Waals surface area (Å²) in [6.07, 6.45) is 4.16. The fourth-order valence-corrected chi connectivity index (χ4v) is 1.75. The van der Waals surface area contributed by atoms with Crippen LogP contribution in [0, 0.1) is 16.4 Å². The predicted molar refractivity (Wildman–Crippen MR) is 58.7 cm³/mol. The van der Waals surface area contributed by atoms with Gasteiger partial charge in [0.2, 0.25) is 0 Å². The molecule has 2 rings (SSSR count). The molecule has 70 valence electrons. The van der Waals surface area contributed by atoms with Gasteiger partial charge in [-0.3, -0.25) is 9.36 Å². The van der Waals surface area contributed by atoms with Crippen LogP contribution in [0.4, 0.5) is 0 Å². The van der Waals surface area contributed by atoms with E-state index in [-0.39, 0.29) is 5.56 Å². The van der Waals surface area contributed by atoms with Gasteiger partial charge in [0, 0.05) is 12.7 Å². The van der Waals surface area contributed by atoms with Crippen molar-refractivity contribution >= 4 is 22.6 Å². The maximum absolute atomic E-state index is 11.7. The summed E-state index contributed by atoms with van der Waals surface area (Å²) in [5.74, 6) is 1.55. The zero-order valence-electron chi connectivity index (χ0n) is 7.46. The molecule has 0 aromatic carbocycles. The van der Waals surface area contributed by atoms with Gasteiger partial charge in [-0.2, -0.15) is 0 Å². The van der Waals surface area contributed by atoms with E-state index in [1.807, 2.05) is 29.5 Å². The van der Waals surface area contributed by atoms with Crippen LogP contribution in [-0.2, 0) is 6.54 Å². The van der Waals surface area contributed by atoms with Crippen LogP contribution in [0.3, 0.4) is 0 Å². The minimum Gasteiger partial charge on any atom is -0.296 e. The summed E-state index contributed by atoms with van der Waals surface area (Å²) in [7, 11) is 0. The minimum atomic E-state index is 0.111. The van der Waals surface area contributed by atoms with E-state index in [0.717, 1.165) is 18.3 Å². The summed E-state index contributed by atoms with van der Waals surface area (Å²) in [4.78, 5) is 15.8. The Morgan fingerprint density at radius 2 is 2.38 bits per heavy atom. The SMILES string of the molecule is Cc1ncc(I)c(=O)n1CC1CC1. The number of rotatable bonds is 2. The van der Waals surface area contributed by atoms with E-state index in [2.05, 4.69) is 4.98 Å². The molecule has 13 heavy (non-hydrogen) atoms. The average Bonchev–Trinajstić information content (AvgIpc) is 2.89. The molecule has 1 aromatic heterocycles. The van der Waals surface area contributed by atoms with Crippen LogP contribution >= 0.6 is 22.6 Å². The van der Waals surface area contributed by atoms with Gasteiger partial charge in [0.1, 0.15) is 5.82 Å². The van der Waals surface area contributed by atoms with Gasteiger partial charge in [-0.05, 0) is 48.3 Å². The van der Waals surface area contributed by atoms with Crippen molar-refractivity contribution in [3.63, 3.8) is 0 Å². The molecule has 1 aliphatic carbocycles. The van der Waals surface area contributed by atoms with E-state index in [0.29, 0.717) is 3.57 Å². The van der Waals surface area contributed by atoms with Crippen molar-refractivity contribution in [2.75, 3.05) is 0 Å². The van der Waals surface area contributed by atoms with E-state index < -0.39 is 0 Å². The van der Waals surface area contributed by atoms with Crippen LogP contribution in [0.15, 0.2) is 11.0 Å². The molecule has 0 spiro atoms. The predicted octanol–water partition coefficient (Wildman–Crippen LogP) is 1.57. The summed E-state index contributed by atoms with van der Waals surface area (Å²) in [6, 6.07) is 0. The molecule has 1 heterocycles. The van der Waals surface area contributed by atoms with E-state index in [1.165, 1.54) is 12.8 Å². The molecule has 0 radical (unpaired) electrons. The Kier molecular flexibility index (Phi) is 2.40. The number of aromatic nitrogens is 2. The molecule has 0 amide bonds. The Morgan fingerprint density at radius 3 is 3.00 bits per heavy atom. The summed E-state index contributed by atoms with van der Waals surface area (Å²) in [5.41, 5.74) is 0.111. The van der Waals surface area contributed by atoms with Crippen LogP contribution in [-0.4, -0.2) is 9.55 Å². The zero-order valence-corrected chi connectivity index (χ0v) is 9.61. The monoisotopic (exact) mass is 290 g/mol. The van der Waals surface area contributed by atoms with Gasteiger partial charge in [-0.25, -0.2) is 4.98 Å². The van der Waals surface area contributed by atoms with Crippen molar-refractivity contribution in [3.8, 4) is 0 Å². The Labute approximate surface area is 90.3 Å². The first-order chi connectivity index (χ1) is 6.18. The summed E-state index contributed by atoms with van der Waals surface area (Å²) >= 11 is 2.04. The molecule has 1 fully saturated rings. The molecule has 4 heteroatoms. The van der Waals surface area contributed by atoms with Gasteiger partial charge in [0.25, 0.3) is 5.56 Å². The zero-order chi connectivity index (χ0) is 9.42. The fourth-order valence-electron chi connectivity index (χ4n) is 1.32. The summed E-state index contributed by atoms with van der Waals surface area (Å²) in [5, 5.41) is 0. The topological polar surface area (TPSA) is 34.9 Å². The largest absolute Gasteiger partial charge is 0.296 e. The molecule has 0 saturated heterocycles. The molecule has 3 nitrogen and oxygen atoms in total. The maximum atomic E-state index is 11.7. The van der Waals surface area contributed by atoms with Crippen LogP contribution in [0.2, 0.25) is 0 Å². The lowest BCUT2D eigenvalue weighted by Gasteiger charge is -2.07. The fraction of sp³-hybridized carbons (Fsp3) is 0.556. The highest BCUT2D eigenvalue weighted by Crippen LogP contribution is 2.30. The average molecular weight is 290 g/mol. The van der Waals surface area contributed by atoms with Gasteiger partial charge in [-0.15, -0.1) is 0 Å². The lowest BCUT2D eigenvalue weighted by Crippen LogP contribution is -2.26. The second-order valence-corrected chi connectivity index (χ2v) is 4.67. The third-order valence-electron chi connectivity index (χ3n) is 2.34. The lowest BCUT2D eigenvalue weighted by atomic mass is 10.4. The summed E-state index contributed by atoms with van der Waals surface area (Å²) in [6.45, 7) is 2.74. The normalized spacial score (nSPS) is 16.2. The van der Waals surface area contributed by atoms with Crippen molar-refractivity contribution in [2.24, 2.45) is 5.92 Å². The van der Waals surface area contributed by atoms with Gasteiger partial charge in [0.05, 0.1) is 3.57 Å². The second kappa shape index (κ2) is 3.40. The van der Waals surface area contributed by atoms with Gasteiger partial charge in [-0.1, -0.05) is 0 Å². The van der Waals surface area contributed by atoms with Crippen LogP contribution in [0.5, 0.6) is 0 Å². The molecule has 0 atom stereocenters. The first-order valence-corrected chi connectivity index (χ1v) is 5.48. The molecule has 1 aromatic rings. The van der Waals surface area contributed by atoms with E-state index in [9.17, 15) is 4.79 Å². The Hall–Kier alpha value is -0.390. The molecule has 0 unspecified atom stereocenters. The van der Waals surface area contributed by atoms with Crippen molar-refractivity contribution in [2.45, 2.75) is 26.3 Å². The minimum absolute atomic E-state index is 0.111. The van der Waals surface area contributed by atoms with E-state index in [4.69, 9.17) is 0 Å². The van der Waals surface area contributed by atoms with Crippen LogP contribution < -0.4 is 5.56 Å².